The summed E-state index contributed by atoms with van der Waals surface area (Å²) in [5, 5.41) is 20.5. The van der Waals surface area contributed by atoms with Crippen LogP contribution in [0.1, 0.15) is 11.7 Å². The molecule has 29 heavy (non-hydrogen) atoms. The molecule has 0 unspecified atom stereocenters. The van der Waals surface area contributed by atoms with E-state index in [2.05, 4.69) is 5.32 Å². The molecule has 0 aliphatic rings. The topological polar surface area (TPSA) is 114 Å². The zero-order valence-corrected chi connectivity index (χ0v) is 15.9. The number of hydrogen-bond acceptors (Lipinski definition) is 6. The largest absolute Gasteiger partial charge is 0.491 e. The lowest BCUT2D eigenvalue weighted by molar-refractivity contribution is -0.131. The molecule has 2 atom stereocenters. The van der Waals surface area contributed by atoms with Gasteiger partial charge in [-0.05, 0) is 35.9 Å². The maximum Gasteiger partial charge on any atom is 0.412 e. The molecule has 1 amide bonds. The maximum atomic E-state index is 12.4. The standard InChI is InChI=1S/C21H23NO7/c1-27-18(10-11-19(24)25)20(15-6-5-9-17(14-15)28-13-12-23)29-21(26)22-16-7-3-2-4-8-16/h2-11,14,18,20,23H,12-13H2,1H3,(H,22,26)(H,24,25)/b11-10+/t18-,20-/m0/s1. The SMILES string of the molecule is CO[C@@H](/C=C/C(=O)O)[C@@H](OC(=O)Nc1ccccc1)c1cccc(OCCO)c1. The average Bonchev–Trinajstić information content (AvgIpc) is 2.72. The minimum absolute atomic E-state index is 0.107. The maximum absolute atomic E-state index is 12.4. The van der Waals surface area contributed by atoms with E-state index in [4.69, 9.17) is 24.4 Å². The lowest BCUT2D eigenvalue weighted by Crippen LogP contribution is -2.27. The second-order valence-electron chi connectivity index (χ2n) is 5.86. The molecule has 0 saturated carbocycles. The van der Waals surface area contributed by atoms with Crippen molar-refractivity contribution in [2.45, 2.75) is 12.2 Å². The highest BCUT2D eigenvalue weighted by Crippen LogP contribution is 2.28. The Morgan fingerprint density at radius 3 is 2.55 bits per heavy atom. The van der Waals surface area contributed by atoms with E-state index in [-0.39, 0.29) is 13.2 Å². The van der Waals surface area contributed by atoms with Crippen molar-refractivity contribution in [2.75, 3.05) is 25.6 Å². The molecule has 0 heterocycles. The highest BCUT2D eigenvalue weighted by atomic mass is 16.6. The molecule has 0 aromatic heterocycles. The van der Waals surface area contributed by atoms with Gasteiger partial charge in [0.1, 0.15) is 18.5 Å². The van der Waals surface area contributed by atoms with Crippen LogP contribution < -0.4 is 10.1 Å². The summed E-state index contributed by atoms with van der Waals surface area (Å²) in [7, 11) is 1.38. The fourth-order valence-corrected chi connectivity index (χ4v) is 2.53. The van der Waals surface area contributed by atoms with Crippen LogP contribution in [-0.2, 0) is 14.3 Å². The zero-order valence-electron chi connectivity index (χ0n) is 15.9. The van der Waals surface area contributed by atoms with Gasteiger partial charge in [0.05, 0.1) is 6.61 Å². The molecule has 154 valence electrons. The molecular formula is C21H23NO7. The van der Waals surface area contributed by atoms with E-state index >= 15 is 0 Å². The number of para-hydroxylation sites is 1. The van der Waals surface area contributed by atoms with Crippen molar-refractivity contribution in [3.63, 3.8) is 0 Å². The number of nitrogens with one attached hydrogen (secondary N) is 1. The van der Waals surface area contributed by atoms with Crippen molar-refractivity contribution in [1.29, 1.82) is 0 Å². The fourth-order valence-electron chi connectivity index (χ4n) is 2.53. The molecule has 2 aromatic rings. The van der Waals surface area contributed by atoms with Gasteiger partial charge in [0.2, 0.25) is 0 Å². The van der Waals surface area contributed by atoms with Crippen molar-refractivity contribution in [3.8, 4) is 5.75 Å². The number of amides is 1. The highest BCUT2D eigenvalue weighted by molar-refractivity contribution is 5.84. The van der Waals surface area contributed by atoms with Gasteiger partial charge >= 0.3 is 12.1 Å². The Labute approximate surface area is 168 Å². The third-order valence-electron chi connectivity index (χ3n) is 3.80. The summed E-state index contributed by atoms with van der Waals surface area (Å²) in [5.41, 5.74) is 1.08. The van der Waals surface area contributed by atoms with Crippen LogP contribution in [0.2, 0.25) is 0 Å². The molecule has 0 fully saturated rings. The fraction of sp³-hybridized carbons (Fsp3) is 0.238. The number of aliphatic carboxylic acids is 1. The van der Waals surface area contributed by atoms with Gasteiger partial charge in [-0.2, -0.15) is 0 Å². The molecule has 0 bridgehead atoms. The molecule has 2 aromatic carbocycles. The van der Waals surface area contributed by atoms with Gasteiger partial charge < -0.3 is 24.4 Å². The van der Waals surface area contributed by atoms with Gasteiger partial charge in [0.15, 0.2) is 6.10 Å². The third-order valence-corrected chi connectivity index (χ3v) is 3.80. The first-order valence-corrected chi connectivity index (χ1v) is 8.83. The van der Waals surface area contributed by atoms with E-state index in [0.29, 0.717) is 17.0 Å². The summed E-state index contributed by atoms with van der Waals surface area (Å²) < 4.78 is 16.3. The predicted molar refractivity (Wildman–Crippen MR) is 106 cm³/mol. The van der Waals surface area contributed by atoms with Gasteiger partial charge in [-0.3, -0.25) is 5.32 Å². The lowest BCUT2D eigenvalue weighted by atomic mass is 10.0. The number of carbonyl (C=O) groups excluding carboxylic acids is 1. The minimum atomic E-state index is -1.15. The Kier molecular flexibility index (Phi) is 8.68. The van der Waals surface area contributed by atoms with Crippen LogP contribution in [0.5, 0.6) is 5.75 Å². The normalized spacial score (nSPS) is 12.9. The van der Waals surface area contributed by atoms with Gasteiger partial charge in [0.25, 0.3) is 0 Å². The molecule has 0 spiro atoms. The van der Waals surface area contributed by atoms with Crippen molar-refractivity contribution in [1.82, 2.24) is 0 Å². The summed E-state index contributed by atoms with van der Waals surface area (Å²) in [4.78, 5) is 23.3. The number of aliphatic hydroxyl groups is 1. The molecule has 8 nitrogen and oxygen atoms in total. The summed E-state index contributed by atoms with van der Waals surface area (Å²) in [5.74, 6) is -0.690. The van der Waals surface area contributed by atoms with Crippen LogP contribution in [0, 0.1) is 0 Å². The van der Waals surface area contributed by atoms with Crippen molar-refractivity contribution in [3.05, 3.63) is 72.3 Å². The highest BCUT2D eigenvalue weighted by Gasteiger charge is 2.26. The Bertz CT molecular complexity index is 823. The lowest BCUT2D eigenvalue weighted by Gasteiger charge is -2.24. The van der Waals surface area contributed by atoms with Gasteiger partial charge in [0, 0.05) is 18.9 Å². The van der Waals surface area contributed by atoms with Crippen molar-refractivity contribution < 1.29 is 34.0 Å². The third kappa shape index (κ3) is 7.28. The number of carboxylic acids is 1. The Balaban J connectivity index is 2.27. The summed E-state index contributed by atoms with van der Waals surface area (Å²) in [6.07, 6.45) is -0.318. The van der Waals surface area contributed by atoms with Crippen LogP contribution in [0.15, 0.2) is 66.7 Å². The number of carboxylic acid groups (broad SMARTS) is 1. The van der Waals surface area contributed by atoms with Crippen molar-refractivity contribution in [2.24, 2.45) is 0 Å². The molecule has 8 heteroatoms. The number of hydrogen-bond donors (Lipinski definition) is 3. The van der Waals surface area contributed by atoms with Gasteiger partial charge in [-0.15, -0.1) is 0 Å². The number of rotatable bonds is 10. The Morgan fingerprint density at radius 1 is 1.14 bits per heavy atom. The number of benzene rings is 2. The summed E-state index contributed by atoms with van der Waals surface area (Å²) in [6, 6.07) is 15.5. The summed E-state index contributed by atoms with van der Waals surface area (Å²) >= 11 is 0. The Hall–Kier alpha value is -3.36. The van der Waals surface area contributed by atoms with E-state index in [9.17, 15) is 9.59 Å². The van der Waals surface area contributed by atoms with E-state index < -0.39 is 24.3 Å². The summed E-state index contributed by atoms with van der Waals surface area (Å²) in [6.45, 7) is -0.0399. The van der Waals surface area contributed by atoms with E-state index in [1.54, 1.807) is 48.5 Å². The van der Waals surface area contributed by atoms with Crippen molar-refractivity contribution >= 4 is 17.7 Å². The van der Waals surface area contributed by atoms with Gasteiger partial charge in [-0.25, -0.2) is 9.59 Å². The van der Waals surface area contributed by atoms with E-state index in [1.807, 2.05) is 6.07 Å². The number of methoxy groups -OCH3 is 1. The van der Waals surface area contributed by atoms with Crippen LogP contribution in [0.25, 0.3) is 0 Å². The molecule has 0 saturated heterocycles. The monoisotopic (exact) mass is 401 g/mol. The second kappa shape index (κ2) is 11.5. The zero-order chi connectivity index (χ0) is 21.1. The van der Waals surface area contributed by atoms with E-state index in [1.165, 1.54) is 13.2 Å². The number of carbonyl (C=O) groups is 2. The average molecular weight is 401 g/mol. The van der Waals surface area contributed by atoms with Crippen LogP contribution in [0.4, 0.5) is 10.5 Å². The number of ether oxygens (including phenoxy) is 3. The quantitative estimate of drug-likeness (QED) is 0.524. The van der Waals surface area contributed by atoms with E-state index in [0.717, 1.165) is 6.08 Å². The first-order valence-electron chi connectivity index (χ1n) is 8.83. The predicted octanol–water partition coefficient (Wildman–Crippen LogP) is 3.00. The first kappa shape index (κ1) is 21.9. The molecule has 0 aliphatic carbocycles. The van der Waals surface area contributed by atoms with Crippen LogP contribution >= 0.6 is 0 Å². The molecule has 2 rings (SSSR count). The van der Waals surface area contributed by atoms with Gasteiger partial charge in [-0.1, -0.05) is 30.3 Å². The molecule has 0 aliphatic heterocycles. The molecule has 3 N–H and O–H groups in total. The van der Waals surface area contributed by atoms with Crippen LogP contribution in [0.3, 0.4) is 0 Å². The smallest absolute Gasteiger partial charge is 0.412 e. The first-order chi connectivity index (χ1) is 14.0. The number of anilines is 1. The number of aliphatic hydroxyl groups excluding tert-OH is 1. The molecule has 0 radical (unpaired) electrons. The molecular weight excluding hydrogens is 378 g/mol. The van der Waals surface area contributed by atoms with Crippen LogP contribution in [-0.4, -0.2) is 48.7 Å². The second-order valence-corrected chi connectivity index (χ2v) is 5.86. The Morgan fingerprint density at radius 2 is 1.90 bits per heavy atom. The minimum Gasteiger partial charge on any atom is -0.491 e.